The Balaban J connectivity index is 1.87. The topological polar surface area (TPSA) is 35.5 Å². The summed E-state index contributed by atoms with van der Waals surface area (Å²) in [7, 11) is 0. The fourth-order valence-corrected chi connectivity index (χ4v) is 2.79. The second-order valence-corrected chi connectivity index (χ2v) is 6.87. The van der Waals surface area contributed by atoms with Crippen LogP contribution in [0.5, 0.6) is 11.5 Å². The molecule has 0 saturated carbocycles. The smallest absolute Gasteiger partial charge is 0.343 e. The van der Waals surface area contributed by atoms with Crippen molar-refractivity contribution in [3.05, 3.63) is 59.7 Å². The van der Waals surface area contributed by atoms with E-state index in [1.165, 1.54) is 25.7 Å². The van der Waals surface area contributed by atoms with Gasteiger partial charge < -0.3 is 9.47 Å². The van der Waals surface area contributed by atoms with Crippen molar-refractivity contribution in [3.8, 4) is 11.5 Å². The largest absolute Gasteiger partial charge is 0.494 e. The summed E-state index contributed by atoms with van der Waals surface area (Å²) >= 11 is 0. The van der Waals surface area contributed by atoms with Gasteiger partial charge in [0.2, 0.25) is 0 Å². The predicted octanol–water partition coefficient (Wildman–Crippen LogP) is 6.38. The molecular weight excluding hydrogens is 324 g/mol. The monoisotopic (exact) mass is 354 g/mol. The third-order valence-corrected chi connectivity index (χ3v) is 4.35. The molecule has 0 N–H and O–H groups in total. The zero-order chi connectivity index (χ0) is 18.8. The Morgan fingerprint density at radius 1 is 0.923 bits per heavy atom. The molecule has 0 heterocycles. The quantitative estimate of drug-likeness (QED) is 0.282. The van der Waals surface area contributed by atoms with Crippen LogP contribution >= 0.6 is 0 Å². The molecule has 0 saturated heterocycles. The number of hydrogen-bond donors (Lipinski definition) is 0. The van der Waals surface area contributed by atoms with E-state index in [9.17, 15) is 4.79 Å². The lowest BCUT2D eigenvalue weighted by atomic mass is 10.0. The highest BCUT2D eigenvalue weighted by Gasteiger charge is 2.13. The molecule has 3 heteroatoms. The molecule has 140 valence electrons. The van der Waals surface area contributed by atoms with Gasteiger partial charge in [-0.1, -0.05) is 64.7 Å². The molecule has 3 nitrogen and oxygen atoms in total. The summed E-state index contributed by atoms with van der Waals surface area (Å²) in [4.78, 5) is 12.4. The van der Waals surface area contributed by atoms with Crippen LogP contribution in [0, 0.1) is 0 Å². The summed E-state index contributed by atoms with van der Waals surface area (Å²) in [5.41, 5.74) is 1.56. The first-order valence-electron chi connectivity index (χ1n) is 9.65. The normalized spacial score (nSPS) is 10.8. The predicted molar refractivity (Wildman–Crippen MR) is 106 cm³/mol. The van der Waals surface area contributed by atoms with Crippen molar-refractivity contribution in [1.82, 2.24) is 0 Å². The molecule has 0 spiro atoms. The van der Waals surface area contributed by atoms with Gasteiger partial charge in [0.05, 0.1) is 12.2 Å². The van der Waals surface area contributed by atoms with Crippen LogP contribution in [0.3, 0.4) is 0 Å². The number of ether oxygens (including phenoxy) is 2. The lowest BCUT2D eigenvalue weighted by Gasteiger charge is -2.12. The summed E-state index contributed by atoms with van der Waals surface area (Å²) in [6, 6.07) is 14.8. The number of carbonyl (C=O) groups excluding carboxylic acids is 1. The highest BCUT2D eigenvalue weighted by molar-refractivity contribution is 5.91. The van der Waals surface area contributed by atoms with Crippen molar-refractivity contribution < 1.29 is 14.3 Å². The number of hydrogen-bond acceptors (Lipinski definition) is 3. The Hall–Kier alpha value is -2.29. The average molecular weight is 354 g/mol. The zero-order valence-electron chi connectivity index (χ0n) is 16.2. The van der Waals surface area contributed by atoms with E-state index >= 15 is 0 Å². The highest BCUT2D eigenvalue weighted by atomic mass is 16.5. The zero-order valence-corrected chi connectivity index (χ0v) is 16.2. The summed E-state index contributed by atoms with van der Waals surface area (Å²) < 4.78 is 11.3. The van der Waals surface area contributed by atoms with Crippen LogP contribution in [0.4, 0.5) is 0 Å². The third-order valence-electron chi connectivity index (χ3n) is 4.35. The molecule has 0 unspecified atom stereocenters. The van der Waals surface area contributed by atoms with E-state index in [2.05, 4.69) is 20.8 Å². The maximum Gasteiger partial charge on any atom is 0.343 e. The van der Waals surface area contributed by atoms with Gasteiger partial charge in [0.15, 0.2) is 0 Å². The molecule has 0 fully saturated rings. The second kappa shape index (κ2) is 10.6. The van der Waals surface area contributed by atoms with E-state index in [4.69, 9.17) is 9.47 Å². The summed E-state index contributed by atoms with van der Waals surface area (Å²) in [6.07, 6.45) is 6.07. The van der Waals surface area contributed by atoms with Gasteiger partial charge in [-0.25, -0.2) is 4.79 Å². The maximum absolute atomic E-state index is 12.4. The molecule has 0 bridgehead atoms. The first-order valence-corrected chi connectivity index (χ1v) is 9.65. The summed E-state index contributed by atoms with van der Waals surface area (Å²) in [5.74, 6) is 1.37. The molecule has 0 radical (unpaired) electrons. The van der Waals surface area contributed by atoms with E-state index in [1.807, 2.05) is 36.4 Å². The summed E-state index contributed by atoms with van der Waals surface area (Å²) in [5, 5.41) is 0. The van der Waals surface area contributed by atoms with Gasteiger partial charge in [0, 0.05) is 0 Å². The molecule has 26 heavy (non-hydrogen) atoms. The Kier molecular flexibility index (Phi) is 8.20. The number of rotatable bonds is 10. The SMILES string of the molecule is CCCCCCCOc1ccc(C(=O)Oc2ccccc2C(C)C)cc1. The molecular formula is C23H30O3. The van der Waals surface area contributed by atoms with Gasteiger partial charge in [0.1, 0.15) is 11.5 Å². The maximum atomic E-state index is 12.4. The fourth-order valence-electron chi connectivity index (χ4n) is 2.79. The van der Waals surface area contributed by atoms with Gasteiger partial charge in [-0.2, -0.15) is 0 Å². The number of benzene rings is 2. The van der Waals surface area contributed by atoms with Crippen molar-refractivity contribution in [2.24, 2.45) is 0 Å². The lowest BCUT2D eigenvalue weighted by Crippen LogP contribution is -2.10. The van der Waals surface area contributed by atoms with Gasteiger partial charge in [-0.15, -0.1) is 0 Å². The van der Waals surface area contributed by atoms with E-state index in [-0.39, 0.29) is 5.97 Å². The average Bonchev–Trinajstić information content (AvgIpc) is 2.65. The molecule has 0 aliphatic rings. The number of carbonyl (C=O) groups is 1. The van der Waals surface area contributed by atoms with Crippen molar-refractivity contribution in [3.63, 3.8) is 0 Å². The van der Waals surface area contributed by atoms with Crippen LogP contribution in [0.2, 0.25) is 0 Å². The minimum absolute atomic E-state index is 0.298. The van der Waals surface area contributed by atoms with Crippen molar-refractivity contribution >= 4 is 5.97 Å². The Morgan fingerprint density at radius 2 is 1.62 bits per heavy atom. The van der Waals surface area contributed by atoms with E-state index in [1.54, 1.807) is 12.1 Å². The molecule has 2 rings (SSSR count). The molecule has 0 amide bonds. The number of unbranched alkanes of at least 4 members (excludes halogenated alkanes) is 4. The summed E-state index contributed by atoms with van der Waals surface area (Å²) in [6.45, 7) is 7.10. The molecule has 0 aliphatic heterocycles. The van der Waals surface area contributed by atoms with Crippen LogP contribution in [0.1, 0.15) is 74.7 Å². The molecule has 2 aromatic rings. The van der Waals surface area contributed by atoms with Gasteiger partial charge in [-0.05, 0) is 48.2 Å². The lowest BCUT2D eigenvalue weighted by molar-refractivity contribution is 0.0733. The van der Waals surface area contributed by atoms with Gasteiger partial charge in [-0.3, -0.25) is 0 Å². The highest BCUT2D eigenvalue weighted by Crippen LogP contribution is 2.26. The Bertz CT molecular complexity index is 674. The van der Waals surface area contributed by atoms with Crippen molar-refractivity contribution in [2.45, 2.75) is 58.8 Å². The number of para-hydroxylation sites is 1. The Morgan fingerprint density at radius 3 is 2.31 bits per heavy atom. The first kappa shape index (κ1) is 20.0. The molecule has 0 atom stereocenters. The third kappa shape index (κ3) is 6.21. The second-order valence-electron chi connectivity index (χ2n) is 6.87. The van der Waals surface area contributed by atoms with Crippen LogP contribution in [-0.2, 0) is 0 Å². The molecule has 0 aliphatic carbocycles. The van der Waals surface area contributed by atoms with E-state index in [0.29, 0.717) is 17.2 Å². The van der Waals surface area contributed by atoms with Crippen molar-refractivity contribution in [1.29, 1.82) is 0 Å². The van der Waals surface area contributed by atoms with Crippen LogP contribution in [0.15, 0.2) is 48.5 Å². The van der Waals surface area contributed by atoms with Crippen molar-refractivity contribution in [2.75, 3.05) is 6.61 Å². The minimum Gasteiger partial charge on any atom is -0.494 e. The molecule has 0 aromatic heterocycles. The standard InChI is InChI=1S/C23H30O3/c1-4-5-6-7-10-17-25-20-15-13-19(14-16-20)23(24)26-22-12-9-8-11-21(22)18(2)3/h8-9,11-16,18H,4-7,10,17H2,1-3H3. The first-order chi connectivity index (χ1) is 12.6. The van der Waals surface area contributed by atoms with Gasteiger partial charge in [0.25, 0.3) is 0 Å². The molecule has 2 aromatic carbocycles. The van der Waals surface area contributed by atoms with E-state index in [0.717, 1.165) is 24.3 Å². The minimum atomic E-state index is -0.343. The van der Waals surface area contributed by atoms with Gasteiger partial charge >= 0.3 is 5.97 Å². The number of esters is 1. The van der Waals surface area contributed by atoms with Crippen LogP contribution < -0.4 is 9.47 Å². The fraction of sp³-hybridized carbons (Fsp3) is 0.435. The van der Waals surface area contributed by atoms with Crippen LogP contribution in [0.25, 0.3) is 0 Å². The van der Waals surface area contributed by atoms with Crippen LogP contribution in [-0.4, -0.2) is 12.6 Å². The van der Waals surface area contributed by atoms with E-state index < -0.39 is 0 Å². The Labute approximate surface area is 157 Å².